The molecule has 0 N–H and O–H groups in total. The smallest absolute Gasteiger partial charge is 0.184 e. The van der Waals surface area contributed by atoms with E-state index in [9.17, 15) is 0 Å². The normalized spacial score (nSPS) is 13.7. The molecule has 0 radical (unpaired) electrons. The molecular weight excluding hydrogens is 260 g/mol. The van der Waals surface area contributed by atoms with E-state index >= 15 is 0 Å². The molecule has 0 rings (SSSR count). The van der Waals surface area contributed by atoms with Gasteiger partial charge in [0.1, 0.15) is 0 Å². The second-order valence-corrected chi connectivity index (χ2v) is 11.7. The van der Waals surface area contributed by atoms with Crippen molar-refractivity contribution < 1.29 is 4.43 Å². The lowest BCUT2D eigenvalue weighted by molar-refractivity contribution is 0.165. The third kappa shape index (κ3) is 14.6. The van der Waals surface area contributed by atoms with Crippen LogP contribution in [0.5, 0.6) is 0 Å². The van der Waals surface area contributed by atoms with E-state index in [2.05, 4.69) is 33.5 Å². The predicted molar refractivity (Wildman–Crippen MR) is 95.0 cm³/mol. The van der Waals surface area contributed by atoms with Gasteiger partial charge in [0.15, 0.2) is 8.32 Å². The van der Waals surface area contributed by atoms with Crippen molar-refractivity contribution in [2.75, 3.05) is 0 Å². The van der Waals surface area contributed by atoms with Crippen molar-refractivity contribution in [1.29, 1.82) is 0 Å². The highest BCUT2D eigenvalue weighted by atomic mass is 28.4. The van der Waals surface area contributed by atoms with Crippen LogP contribution in [-0.4, -0.2) is 14.4 Å². The van der Waals surface area contributed by atoms with Gasteiger partial charge in [-0.1, -0.05) is 78.1 Å². The summed E-state index contributed by atoms with van der Waals surface area (Å²) in [5, 5.41) is 0. The summed E-state index contributed by atoms with van der Waals surface area (Å²) in [5.74, 6) is 0. The first kappa shape index (κ1) is 20.2. The molecular formula is C18H40OSi. The molecule has 0 aromatic rings. The van der Waals surface area contributed by atoms with Crippen LogP contribution in [0.25, 0.3) is 0 Å². The van der Waals surface area contributed by atoms with Gasteiger partial charge in [-0.2, -0.15) is 0 Å². The Morgan fingerprint density at radius 3 is 1.50 bits per heavy atom. The molecule has 122 valence electrons. The molecule has 0 aromatic carbocycles. The van der Waals surface area contributed by atoms with Crippen LogP contribution in [0.1, 0.15) is 90.9 Å². The third-order valence-corrected chi connectivity index (χ3v) is 4.82. The van der Waals surface area contributed by atoms with E-state index < -0.39 is 8.32 Å². The molecule has 0 aromatic heterocycles. The van der Waals surface area contributed by atoms with Crippen LogP contribution < -0.4 is 0 Å². The largest absolute Gasteiger partial charge is 0.415 e. The lowest BCUT2D eigenvalue weighted by Gasteiger charge is -2.26. The van der Waals surface area contributed by atoms with E-state index in [1.165, 1.54) is 77.0 Å². The first-order chi connectivity index (χ1) is 9.49. The number of unbranched alkanes of at least 4 members (excludes halogenated alkanes) is 8. The van der Waals surface area contributed by atoms with E-state index in [0.29, 0.717) is 6.10 Å². The van der Waals surface area contributed by atoms with Crippen LogP contribution in [0.15, 0.2) is 0 Å². The SMILES string of the molecule is CCCCCCCCC(CCCCCC)O[Si](C)(C)C. The monoisotopic (exact) mass is 300 g/mol. The third-order valence-electron chi connectivity index (χ3n) is 3.78. The summed E-state index contributed by atoms with van der Waals surface area (Å²) in [5.41, 5.74) is 0. The van der Waals surface area contributed by atoms with Crippen LogP contribution in [0.4, 0.5) is 0 Å². The highest BCUT2D eigenvalue weighted by Gasteiger charge is 2.20. The van der Waals surface area contributed by atoms with Gasteiger partial charge in [-0.25, -0.2) is 0 Å². The van der Waals surface area contributed by atoms with Gasteiger partial charge in [-0.3, -0.25) is 0 Å². The Kier molecular flexibility index (Phi) is 13.0. The molecule has 0 saturated carbocycles. The van der Waals surface area contributed by atoms with E-state index in [-0.39, 0.29) is 0 Å². The van der Waals surface area contributed by atoms with Crippen LogP contribution in [0.3, 0.4) is 0 Å². The zero-order valence-corrected chi connectivity index (χ0v) is 16.0. The zero-order chi connectivity index (χ0) is 15.3. The first-order valence-corrected chi connectivity index (χ1v) is 12.6. The molecule has 0 aliphatic heterocycles. The van der Waals surface area contributed by atoms with E-state index in [1.807, 2.05) is 0 Å². The number of hydrogen-bond acceptors (Lipinski definition) is 1. The molecule has 1 nitrogen and oxygen atoms in total. The minimum atomic E-state index is -1.37. The fourth-order valence-corrected chi connectivity index (χ4v) is 3.95. The molecule has 20 heavy (non-hydrogen) atoms. The minimum absolute atomic E-state index is 0.546. The summed E-state index contributed by atoms with van der Waals surface area (Å²) in [6, 6.07) is 0. The van der Waals surface area contributed by atoms with Crippen molar-refractivity contribution in [3.8, 4) is 0 Å². The van der Waals surface area contributed by atoms with Crippen LogP contribution >= 0.6 is 0 Å². The summed E-state index contributed by atoms with van der Waals surface area (Å²) >= 11 is 0. The Balaban J connectivity index is 3.80. The van der Waals surface area contributed by atoms with Crippen molar-refractivity contribution in [2.45, 2.75) is 117 Å². The Morgan fingerprint density at radius 2 is 1.05 bits per heavy atom. The minimum Gasteiger partial charge on any atom is -0.415 e. The van der Waals surface area contributed by atoms with Crippen molar-refractivity contribution in [3.63, 3.8) is 0 Å². The number of hydrogen-bond donors (Lipinski definition) is 0. The molecule has 0 bridgehead atoms. The molecule has 1 atom stereocenters. The zero-order valence-electron chi connectivity index (χ0n) is 15.0. The predicted octanol–water partition coefficient (Wildman–Crippen LogP) is 6.93. The Hall–Kier alpha value is 0.177. The summed E-state index contributed by atoms with van der Waals surface area (Å²) in [4.78, 5) is 0. The fourth-order valence-electron chi connectivity index (χ4n) is 2.71. The lowest BCUT2D eigenvalue weighted by atomic mass is 10.0. The highest BCUT2D eigenvalue weighted by molar-refractivity contribution is 6.69. The lowest BCUT2D eigenvalue weighted by Crippen LogP contribution is -2.32. The van der Waals surface area contributed by atoms with Crippen molar-refractivity contribution >= 4 is 8.32 Å². The molecule has 0 heterocycles. The van der Waals surface area contributed by atoms with Crippen LogP contribution in [0.2, 0.25) is 19.6 Å². The van der Waals surface area contributed by atoms with Crippen LogP contribution in [-0.2, 0) is 4.43 Å². The van der Waals surface area contributed by atoms with Crippen molar-refractivity contribution in [2.24, 2.45) is 0 Å². The molecule has 0 fully saturated rings. The first-order valence-electron chi connectivity index (χ1n) is 9.17. The van der Waals surface area contributed by atoms with Gasteiger partial charge in [0.25, 0.3) is 0 Å². The molecule has 1 unspecified atom stereocenters. The van der Waals surface area contributed by atoms with Crippen molar-refractivity contribution in [1.82, 2.24) is 0 Å². The van der Waals surface area contributed by atoms with Crippen molar-refractivity contribution in [3.05, 3.63) is 0 Å². The molecule has 0 spiro atoms. The quantitative estimate of drug-likeness (QED) is 0.250. The molecule has 0 amide bonds. The average molecular weight is 301 g/mol. The van der Waals surface area contributed by atoms with Gasteiger partial charge >= 0.3 is 0 Å². The van der Waals surface area contributed by atoms with Gasteiger partial charge in [0.05, 0.1) is 0 Å². The fraction of sp³-hybridized carbons (Fsp3) is 1.00. The topological polar surface area (TPSA) is 9.23 Å². The van der Waals surface area contributed by atoms with E-state index in [1.54, 1.807) is 0 Å². The second-order valence-electron chi connectivity index (χ2n) is 7.26. The van der Waals surface area contributed by atoms with Crippen LogP contribution in [0, 0.1) is 0 Å². The van der Waals surface area contributed by atoms with E-state index in [0.717, 1.165) is 0 Å². The Labute approximate surface area is 130 Å². The summed E-state index contributed by atoms with van der Waals surface area (Å²) < 4.78 is 6.38. The highest BCUT2D eigenvalue weighted by Crippen LogP contribution is 2.19. The van der Waals surface area contributed by atoms with Gasteiger partial charge in [0, 0.05) is 6.10 Å². The summed E-state index contributed by atoms with van der Waals surface area (Å²) in [6.45, 7) is 11.5. The number of rotatable bonds is 14. The van der Waals surface area contributed by atoms with E-state index in [4.69, 9.17) is 4.43 Å². The van der Waals surface area contributed by atoms with Gasteiger partial charge < -0.3 is 4.43 Å². The maximum Gasteiger partial charge on any atom is 0.184 e. The molecule has 2 heteroatoms. The standard InChI is InChI=1S/C18H40OSi/c1-6-8-10-12-13-15-17-18(19-20(3,4)5)16-14-11-9-7-2/h18H,6-17H2,1-5H3. The molecule has 0 aliphatic carbocycles. The summed E-state index contributed by atoms with van der Waals surface area (Å²) in [6.07, 6.45) is 17.0. The Morgan fingerprint density at radius 1 is 0.650 bits per heavy atom. The maximum absolute atomic E-state index is 6.38. The summed E-state index contributed by atoms with van der Waals surface area (Å²) in [7, 11) is -1.37. The van der Waals surface area contributed by atoms with Gasteiger partial charge in [0.2, 0.25) is 0 Å². The maximum atomic E-state index is 6.38. The molecule has 0 aliphatic rings. The van der Waals surface area contributed by atoms with Gasteiger partial charge in [-0.05, 0) is 32.5 Å². The second kappa shape index (κ2) is 12.9. The Bertz CT molecular complexity index is 198. The average Bonchev–Trinajstić information content (AvgIpc) is 2.36. The molecule has 0 saturated heterocycles. The van der Waals surface area contributed by atoms with Gasteiger partial charge in [-0.15, -0.1) is 0 Å².